The van der Waals surface area contributed by atoms with Gasteiger partial charge >= 0.3 is 0 Å². The second kappa shape index (κ2) is 10.8. The smallest absolute Gasteiger partial charge is 0.160 e. The summed E-state index contributed by atoms with van der Waals surface area (Å²) in [5.41, 5.74) is 3.97. The molecule has 0 fully saturated rings. The Morgan fingerprint density at radius 1 is 0.724 bits per heavy atom. The maximum Gasteiger partial charge on any atom is 0.160 e. The summed E-state index contributed by atoms with van der Waals surface area (Å²) in [4.78, 5) is 0. The lowest BCUT2D eigenvalue weighted by Crippen LogP contribution is -2.18. The fourth-order valence-corrected chi connectivity index (χ4v) is 3.35. The van der Waals surface area contributed by atoms with Crippen molar-refractivity contribution in [3.8, 4) is 5.75 Å². The first kappa shape index (κ1) is 21.1. The monoisotopic (exact) mass is 392 g/mol. The Labute approximate surface area is 172 Å². The lowest BCUT2D eigenvalue weighted by molar-refractivity contribution is -0.100. The van der Waals surface area contributed by atoms with Gasteiger partial charge in [0, 0.05) is 27.1 Å². The van der Waals surface area contributed by atoms with Crippen molar-refractivity contribution in [2.75, 3.05) is 14.2 Å². The Hall–Kier alpha value is -2.66. The van der Waals surface area contributed by atoms with E-state index in [4.69, 9.17) is 14.2 Å². The van der Waals surface area contributed by atoms with Gasteiger partial charge < -0.3 is 19.3 Å². The largest absolute Gasteiger partial charge is 0.489 e. The zero-order valence-corrected chi connectivity index (χ0v) is 17.0. The topological polar surface area (TPSA) is 47.9 Å². The molecule has 0 saturated heterocycles. The molecule has 4 heteroatoms. The fourth-order valence-electron chi connectivity index (χ4n) is 3.35. The number of rotatable bonds is 10. The molecule has 0 aliphatic heterocycles. The maximum absolute atomic E-state index is 11.0. The molecule has 3 aromatic carbocycles. The van der Waals surface area contributed by atoms with E-state index in [1.165, 1.54) is 0 Å². The van der Waals surface area contributed by atoms with Crippen molar-refractivity contribution in [3.05, 3.63) is 101 Å². The summed E-state index contributed by atoms with van der Waals surface area (Å²) in [5, 5.41) is 11.0. The van der Waals surface area contributed by atoms with Gasteiger partial charge in [0.05, 0.1) is 6.10 Å². The van der Waals surface area contributed by atoms with E-state index in [9.17, 15) is 5.11 Å². The minimum Gasteiger partial charge on any atom is -0.489 e. The molecule has 0 aliphatic rings. The van der Waals surface area contributed by atoms with Gasteiger partial charge in [0.25, 0.3) is 0 Å². The standard InChI is InChI=1S/C25H28O4/c1-27-25(28-2)17-20-12-6-8-14-22(20)23(26)16-21-13-7-9-15-24(21)29-18-19-10-4-3-5-11-19/h3-15,23,25-26H,16-18H2,1-2H3. The van der Waals surface area contributed by atoms with E-state index in [1.54, 1.807) is 14.2 Å². The Kier molecular flexibility index (Phi) is 7.82. The average molecular weight is 392 g/mol. The van der Waals surface area contributed by atoms with Crippen molar-refractivity contribution in [1.29, 1.82) is 0 Å². The molecule has 0 bridgehead atoms. The summed E-state index contributed by atoms with van der Waals surface area (Å²) >= 11 is 0. The third-order valence-corrected chi connectivity index (χ3v) is 4.95. The van der Waals surface area contributed by atoms with Gasteiger partial charge in [-0.05, 0) is 28.3 Å². The molecule has 29 heavy (non-hydrogen) atoms. The van der Waals surface area contributed by atoms with Gasteiger partial charge in [-0.2, -0.15) is 0 Å². The van der Waals surface area contributed by atoms with Crippen molar-refractivity contribution < 1.29 is 19.3 Å². The Morgan fingerprint density at radius 3 is 2.07 bits per heavy atom. The predicted octanol–water partition coefficient (Wildman–Crippen LogP) is 4.70. The van der Waals surface area contributed by atoms with Crippen LogP contribution in [0.25, 0.3) is 0 Å². The molecule has 4 nitrogen and oxygen atoms in total. The van der Waals surface area contributed by atoms with Gasteiger partial charge in [-0.15, -0.1) is 0 Å². The molecule has 152 valence electrons. The second-order valence-corrected chi connectivity index (χ2v) is 6.91. The number of hydrogen-bond donors (Lipinski definition) is 1. The van der Waals surface area contributed by atoms with Crippen LogP contribution in [-0.4, -0.2) is 25.6 Å². The number of ether oxygens (including phenoxy) is 3. The zero-order valence-electron chi connectivity index (χ0n) is 17.0. The summed E-state index contributed by atoms with van der Waals surface area (Å²) in [7, 11) is 3.24. The van der Waals surface area contributed by atoms with Gasteiger partial charge in [-0.25, -0.2) is 0 Å². The normalized spacial score (nSPS) is 12.1. The molecule has 0 radical (unpaired) electrons. The van der Waals surface area contributed by atoms with Crippen LogP contribution in [0.15, 0.2) is 78.9 Å². The number of methoxy groups -OCH3 is 2. The molecule has 3 aromatic rings. The molecule has 0 heterocycles. The lowest BCUT2D eigenvalue weighted by atomic mass is 9.95. The molecule has 1 unspecified atom stereocenters. The number of aliphatic hydroxyl groups excluding tert-OH is 1. The van der Waals surface area contributed by atoms with Gasteiger partial charge in [-0.3, -0.25) is 0 Å². The van der Waals surface area contributed by atoms with Crippen LogP contribution in [0.5, 0.6) is 5.75 Å². The summed E-state index contributed by atoms with van der Waals surface area (Å²) < 4.78 is 16.7. The molecule has 1 atom stereocenters. The molecule has 0 amide bonds. The average Bonchev–Trinajstić information content (AvgIpc) is 2.77. The number of hydrogen-bond acceptors (Lipinski definition) is 4. The minimum absolute atomic E-state index is 0.343. The van der Waals surface area contributed by atoms with E-state index in [2.05, 4.69) is 0 Å². The summed E-state index contributed by atoms with van der Waals surface area (Å²) in [5.74, 6) is 0.791. The zero-order chi connectivity index (χ0) is 20.5. The van der Waals surface area contributed by atoms with Crippen molar-refractivity contribution in [2.45, 2.75) is 31.8 Å². The van der Waals surface area contributed by atoms with Crippen LogP contribution < -0.4 is 4.74 Å². The van der Waals surface area contributed by atoms with Crippen LogP contribution in [0.3, 0.4) is 0 Å². The van der Waals surface area contributed by atoms with Gasteiger partial charge in [0.2, 0.25) is 0 Å². The summed E-state index contributed by atoms with van der Waals surface area (Å²) in [6.45, 7) is 0.494. The highest BCUT2D eigenvalue weighted by atomic mass is 16.7. The van der Waals surface area contributed by atoms with Crippen LogP contribution in [0.1, 0.15) is 28.4 Å². The molecule has 3 rings (SSSR count). The molecule has 0 spiro atoms. The highest BCUT2D eigenvalue weighted by Crippen LogP contribution is 2.28. The van der Waals surface area contributed by atoms with E-state index in [0.717, 1.165) is 28.0 Å². The van der Waals surface area contributed by atoms with Gasteiger partial charge in [0.1, 0.15) is 12.4 Å². The molecule has 0 saturated carbocycles. The third kappa shape index (κ3) is 5.91. The van der Waals surface area contributed by atoms with Gasteiger partial charge in [0.15, 0.2) is 6.29 Å². The first-order valence-corrected chi connectivity index (χ1v) is 9.77. The highest BCUT2D eigenvalue weighted by Gasteiger charge is 2.17. The molecular formula is C25H28O4. The number of aliphatic hydroxyl groups is 1. The maximum atomic E-state index is 11.0. The van der Waals surface area contributed by atoms with Crippen LogP contribution >= 0.6 is 0 Å². The Morgan fingerprint density at radius 2 is 1.34 bits per heavy atom. The van der Waals surface area contributed by atoms with E-state index in [0.29, 0.717) is 19.4 Å². The molecular weight excluding hydrogens is 364 g/mol. The lowest BCUT2D eigenvalue weighted by Gasteiger charge is -2.20. The van der Waals surface area contributed by atoms with Gasteiger partial charge in [-0.1, -0.05) is 72.8 Å². The highest BCUT2D eigenvalue weighted by molar-refractivity contribution is 5.37. The van der Waals surface area contributed by atoms with E-state index in [-0.39, 0.29) is 6.29 Å². The molecule has 0 aliphatic carbocycles. The minimum atomic E-state index is -0.651. The SMILES string of the molecule is COC(Cc1ccccc1C(O)Cc1ccccc1OCc1ccccc1)OC. The first-order chi connectivity index (χ1) is 14.2. The Bertz CT molecular complexity index is 875. The second-order valence-electron chi connectivity index (χ2n) is 6.91. The predicted molar refractivity (Wildman–Crippen MR) is 114 cm³/mol. The van der Waals surface area contributed by atoms with E-state index in [1.807, 2.05) is 78.9 Å². The van der Waals surface area contributed by atoms with Crippen LogP contribution in [-0.2, 0) is 28.9 Å². The van der Waals surface area contributed by atoms with Crippen LogP contribution in [0, 0.1) is 0 Å². The Balaban J connectivity index is 1.74. The number of benzene rings is 3. The van der Waals surface area contributed by atoms with Crippen molar-refractivity contribution in [3.63, 3.8) is 0 Å². The van der Waals surface area contributed by atoms with E-state index < -0.39 is 6.10 Å². The molecule has 1 N–H and O–H groups in total. The van der Waals surface area contributed by atoms with Crippen LogP contribution in [0.4, 0.5) is 0 Å². The third-order valence-electron chi connectivity index (χ3n) is 4.95. The fraction of sp³-hybridized carbons (Fsp3) is 0.280. The van der Waals surface area contributed by atoms with Crippen molar-refractivity contribution in [2.24, 2.45) is 0 Å². The summed E-state index contributed by atoms with van der Waals surface area (Å²) in [6.07, 6.45) is 0.0470. The first-order valence-electron chi connectivity index (χ1n) is 9.77. The quantitative estimate of drug-likeness (QED) is 0.508. The molecule has 0 aromatic heterocycles. The van der Waals surface area contributed by atoms with Crippen LogP contribution in [0.2, 0.25) is 0 Å². The number of para-hydroxylation sites is 1. The van der Waals surface area contributed by atoms with E-state index >= 15 is 0 Å². The summed E-state index contributed by atoms with van der Waals surface area (Å²) in [6, 6.07) is 25.8. The van der Waals surface area contributed by atoms with Crippen molar-refractivity contribution in [1.82, 2.24) is 0 Å². The van der Waals surface area contributed by atoms with Crippen molar-refractivity contribution >= 4 is 0 Å².